The summed E-state index contributed by atoms with van der Waals surface area (Å²) in [6.45, 7) is 12.9. The number of rotatable bonds is 2. The van der Waals surface area contributed by atoms with Gasteiger partial charge in [-0.3, -0.25) is 0 Å². The van der Waals surface area contributed by atoms with Crippen LogP contribution in [-0.2, 0) is 4.74 Å². The molecule has 0 bridgehead atoms. The van der Waals surface area contributed by atoms with E-state index in [1.54, 1.807) is 0 Å². The maximum atomic E-state index is 5.58. The lowest BCUT2D eigenvalue weighted by molar-refractivity contribution is 0.189. The highest BCUT2D eigenvalue weighted by Crippen LogP contribution is 2.40. The Morgan fingerprint density at radius 1 is 1.07 bits per heavy atom. The van der Waals surface area contributed by atoms with Gasteiger partial charge in [-0.05, 0) is 27.7 Å². The lowest BCUT2D eigenvalue weighted by Gasteiger charge is -2.29. The van der Waals surface area contributed by atoms with E-state index in [-0.39, 0.29) is 10.8 Å². The molecule has 1 rings (SSSR count). The molecule has 1 aliphatic heterocycles. The van der Waals surface area contributed by atoms with Crippen molar-refractivity contribution >= 4 is 12.6 Å². The normalized spacial score (nSPS) is 19.3. The number of ether oxygens (including phenoxy) is 1. The van der Waals surface area contributed by atoms with Crippen LogP contribution >= 0.6 is 12.6 Å². The van der Waals surface area contributed by atoms with E-state index >= 15 is 0 Å². The fourth-order valence-corrected chi connectivity index (χ4v) is 1.99. The van der Waals surface area contributed by atoms with E-state index in [4.69, 9.17) is 4.74 Å². The van der Waals surface area contributed by atoms with Gasteiger partial charge in [0.1, 0.15) is 0 Å². The molecule has 0 N–H and O–H groups in total. The first-order chi connectivity index (χ1) is 6.29. The third-order valence-corrected chi connectivity index (χ3v) is 3.77. The topological polar surface area (TPSA) is 9.23 Å². The molecular formula is C12H22OS. The second kappa shape index (κ2) is 3.90. The van der Waals surface area contributed by atoms with Crippen LogP contribution < -0.4 is 0 Å². The van der Waals surface area contributed by atoms with Crippen molar-refractivity contribution in [3.63, 3.8) is 0 Å². The molecule has 2 heteroatoms. The number of thiol groups is 1. The predicted molar refractivity (Wildman–Crippen MR) is 64.9 cm³/mol. The van der Waals surface area contributed by atoms with Crippen LogP contribution in [0.1, 0.15) is 34.6 Å². The van der Waals surface area contributed by atoms with Gasteiger partial charge >= 0.3 is 0 Å². The molecule has 0 saturated carbocycles. The molecule has 0 aromatic carbocycles. The maximum absolute atomic E-state index is 5.58. The van der Waals surface area contributed by atoms with Crippen LogP contribution in [-0.4, -0.2) is 19.0 Å². The average Bonchev–Trinajstić information content (AvgIpc) is 2.51. The van der Waals surface area contributed by atoms with Crippen molar-refractivity contribution in [1.29, 1.82) is 0 Å². The van der Waals surface area contributed by atoms with Gasteiger partial charge in [-0.15, -0.1) is 0 Å². The monoisotopic (exact) mass is 214 g/mol. The second-order valence-electron chi connectivity index (χ2n) is 5.74. The molecule has 0 atom stereocenters. The van der Waals surface area contributed by atoms with Crippen molar-refractivity contribution < 1.29 is 4.74 Å². The molecule has 1 heterocycles. The molecule has 0 fully saturated rings. The van der Waals surface area contributed by atoms with Gasteiger partial charge in [-0.2, -0.15) is 12.6 Å². The molecule has 0 aliphatic carbocycles. The van der Waals surface area contributed by atoms with Gasteiger partial charge in [0.2, 0.25) is 0 Å². The fourth-order valence-electron chi connectivity index (χ4n) is 1.80. The van der Waals surface area contributed by atoms with Gasteiger partial charge in [0, 0.05) is 0 Å². The summed E-state index contributed by atoms with van der Waals surface area (Å²) in [5.74, 6) is 0.880. The Morgan fingerprint density at radius 3 is 2.00 bits per heavy atom. The van der Waals surface area contributed by atoms with Crippen molar-refractivity contribution in [3.8, 4) is 0 Å². The lowest BCUT2D eigenvalue weighted by Crippen LogP contribution is -2.22. The zero-order valence-corrected chi connectivity index (χ0v) is 10.9. The molecule has 82 valence electrons. The van der Waals surface area contributed by atoms with E-state index < -0.39 is 0 Å². The smallest absolute Gasteiger partial charge is 0.0690 e. The van der Waals surface area contributed by atoms with Crippen LogP contribution in [0.15, 0.2) is 11.1 Å². The van der Waals surface area contributed by atoms with Gasteiger partial charge in [0.05, 0.1) is 13.2 Å². The predicted octanol–water partition coefficient (Wildman–Crippen LogP) is 3.32. The Balaban J connectivity index is 3.06. The van der Waals surface area contributed by atoms with Crippen LogP contribution in [0, 0.1) is 10.8 Å². The Morgan fingerprint density at radius 2 is 1.57 bits per heavy atom. The molecule has 0 radical (unpaired) electrons. The molecule has 14 heavy (non-hydrogen) atoms. The van der Waals surface area contributed by atoms with Gasteiger partial charge in [0.25, 0.3) is 0 Å². The molecule has 0 saturated heterocycles. The highest BCUT2D eigenvalue weighted by atomic mass is 32.1. The van der Waals surface area contributed by atoms with Crippen molar-refractivity contribution in [2.24, 2.45) is 10.8 Å². The van der Waals surface area contributed by atoms with Gasteiger partial charge < -0.3 is 4.74 Å². The second-order valence-corrected chi connectivity index (χ2v) is 6.06. The molecule has 0 spiro atoms. The van der Waals surface area contributed by atoms with Crippen LogP contribution in [0.4, 0.5) is 0 Å². The standard InChI is InChI=1S/C12H22OS/c1-11(2,3)9-6-13-7-10(9)12(4,5)8-14/h14H,6-8H2,1-5H3. The zero-order valence-electron chi connectivity index (χ0n) is 9.98. The third-order valence-electron chi connectivity index (χ3n) is 2.97. The fraction of sp³-hybridized carbons (Fsp3) is 0.833. The first-order valence-corrected chi connectivity index (χ1v) is 5.84. The van der Waals surface area contributed by atoms with E-state index in [9.17, 15) is 0 Å². The summed E-state index contributed by atoms with van der Waals surface area (Å²) in [5.41, 5.74) is 3.32. The minimum atomic E-state index is 0.169. The molecule has 0 unspecified atom stereocenters. The quantitative estimate of drug-likeness (QED) is 0.548. The van der Waals surface area contributed by atoms with Crippen LogP contribution in [0.5, 0.6) is 0 Å². The first kappa shape index (κ1) is 12.1. The van der Waals surface area contributed by atoms with E-state index in [2.05, 4.69) is 47.2 Å². The summed E-state index contributed by atoms with van der Waals surface area (Å²) in [6, 6.07) is 0. The third kappa shape index (κ3) is 2.34. The Hall–Kier alpha value is 0.0500. The largest absolute Gasteiger partial charge is 0.373 e. The van der Waals surface area contributed by atoms with Crippen LogP contribution in [0.2, 0.25) is 0 Å². The summed E-state index contributed by atoms with van der Waals surface area (Å²) in [6.07, 6.45) is 0. The van der Waals surface area contributed by atoms with Crippen molar-refractivity contribution in [2.75, 3.05) is 19.0 Å². The summed E-state index contributed by atoms with van der Waals surface area (Å²) in [7, 11) is 0. The van der Waals surface area contributed by atoms with Gasteiger partial charge in [-0.25, -0.2) is 0 Å². The molecule has 0 aromatic rings. The summed E-state index contributed by atoms with van der Waals surface area (Å²) < 4.78 is 5.58. The molecule has 1 aliphatic rings. The van der Waals surface area contributed by atoms with Crippen LogP contribution in [0.25, 0.3) is 0 Å². The van der Waals surface area contributed by atoms with E-state index in [0.717, 1.165) is 19.0 Å². The lowest BCUT2D eigenvalue weighted by atomic mass is 9.76. The highest BCUT2D eigenvalue weighted by molar-refractivity contribution is 7.80. The van der Waals surface area contributed by atoms with E-state index in [1.165, 1.54) is 11.1 Å². The van der Waals surface area contributed by atoms with E-state index in [1.807, 2.05) is 0 Å². The Labute approximate surface area is 93.3 Å². The summed E-state index contributed by atoms with van der Waals surface area (Å²) in [5, 5.41) is 0. The zero-order chi connectivity index (χ0) is 11.0. The molecular weight excluding hydrogens is 192 g/mol. The molecule has 1 nitrogen and oxygen atoms in total. The number of hydrogen-bond acceptors (Lipinski definition) is 2. The Bertz CT molecular complexity index is 246. The minimum absolute atomic E-state index is 0.169. The minimum Gasteiger partial charge on any atom is -0.373 e. The SMILES string of the molecule is CC(C)(C)C1=C(C(C)(C)CS)COC1. The van der Waals surface area contributed by atoms with E-state index in [0.29, 0.717) is 0 Å². The Kier molecular flexibility index (Phi) is 3.37. The van der Waals surface area contributed by atoms with Crippen LogP contribution in [0.3, 0.4) is 0 Å². The first-order valence-electron chi connectivity index (χ1n) is 5.20. The molecule has 0 aromatic heterocycles. The number of hydrogen-bond donors (Lipinski definition) is 1. The van der Waals surface area contributed by atoms with Gasteiger partial charge in [-0.1, -0.05) is 34.6 Å². The maximum Gasteiger partial charge on any atom is 0.0690 e. The van der Waals surface area contributed by atoms with Crippen molar-refractivity contribution in [2.45, 2.75) is 34.6 Å². The molecule has 0 amide bonds. The van der Waals surface area contributed by atoms with Crippen molar-refractivity contribution in [1.82, 2.24) is 0 Å². The van der Waals surface area contributed by atoms with Crippen molar-refractivity contribution in [3.05, 3.63) is 11.1 Å². The summed E-state index contributed by atoms with van der Waals surface area (Å²) in [4.78, 5) is 0. The summed E-state index contributed by atoms with van der Waals surface area (Å²) >= 11 is 4.42. The average molecular weight is 214 g/mol. The van der Waals surface area contributed by atoms with Gasteiger partial charge in [0.15, 0.2) is 0 Å². The highest BCUT2D eigenvalue weighted by Gasteiger charge is 2.33.